The van der Waals surface area contributed by atoms with Gasteiger partial charge in [-0.25, -0.2) is 4.98 Å². The van der Waals surface area contributed by atoms with Crippen LogP contribution in [0.15, 0.2) is 16.7 Å². The molecule has 18 heavy (non-hydrogen) atoms. The lowest BCUT2D eigenvalue weighted by molar-refractivity contribution is 0.857. The van der Waals surface area contributed by atoms with Crippen molar-refractivity contribution in [3.05, 3.63) is 32.1 Å². The Labute approximate surface area is 119 Å². The minimum atomic E-state index is 0.156. The van der Waals surface area contributed by atoms with Crippen LogP contribution in [0.25, 0.3) is 0 Å². The van der Waals surface area contributed by atoms with Crippen molar-refractivity contribution in [1.29, 1.82) is 0 Å². The van der Waals surface area contributed by atoms with Gasteiger partial charge in [0.05, 0.1) is 6.04 Å². The molecule has 0 saturated heterocycles. The molecule has 0 bridgehead atoms. The van der Waals surface area contributed by atoms with Crippen molar-refractivity contribution in [1.82, 2.24) is 9.97 Å². The van der Waals surface area contributed by atoms with Gasteiger partial charge >= 0.3 is 0 Å². The highest BCUT2D eigenvalue weighted by Crippen LogP contribution is 2.28. The van der Waals surface area contributed by atoms with Gasteiger partial charge in [-0.2, -0.15) is 4.98 Å². The van der Waals surface area contributed by atoms with E-state index in [9.17, 15) is 0 Å². The molecule has 4 nitrogen and oxygen atoms in total. The normalized spacial score (nSPS) is 12.4. The van der Waals surface area contributed by atoms with E-state index in [2.05, 4.69) is 58.1 Å². The first-order valence-electron chi connectivity index (χ1n) is 5.59. The van der Waals surface area contributed by atoms with Gasteiger partial charge < -0.3 is 11.1 Å². The predicted octanol–water partition coefficient (Wildman–Crippen LogP) is 3.67. The van der Waals surface area contributed by atoms with Crippen molar-refractivity contribution in [3.8, 4) is 0 Å². The highest BCUT2D eigenvalue weighted by molar-refractivity contribution is 9.10. The number of halogens is 1. The molecule has 3 N–H and O–H groups in total. The summed E-state index contributed by atoms with van der Waals surface area (Å²) in [5.41, 5.74) is 6.97. The lowest BCUT2D eigenvalue weighted by atomic mass is 10.1. The van der Waals surface area contributed by atoms with E-state index in [1.807, 2.05) is 0 Å². The highest BCUT2D eigenvalue weighted by Gasteiger charge is 2.12. The second kappa shape index (κ2) is 5.24. The van der Waals surface area contributed by atoms with Crippen molar-refractivity contribution in [2.75, 3.05) is 11.1 Å². The van der Waals surface area contributed by atoms with Crippen LogP contribution in [0.1, 0.15) is 28.3 Å². The van der Waals surface area contributed by atoms with Gasteiger partial charge in [0.25, 0.3) is 0 Å². The summed E-state index contributed by atoms with van der Waals surface area (Å²) in [6, 6.07) is 4.03. The van der Waals surface area contributed by atoms with Crippen LogP contribution >= 0.6 is 27.3 Å². The predicted molar refractivity (Wildman–Crippen MR) is 80.0 cm³/mol. The van der Waals surface area contributed by atoms with Gasteiger partial charge in [0, 0.05) is 15.8 Å². The molecule has 2 aromatic rings. The minimum absolute atomic E-state index is 0.156. The van der Waals surface area contributed by atoms with Crippen molar-refractivity contribution in [2.45, 2.75) is 26.8 Å². The van der Waals surface area contributed by atoms with Gasteiger partial charge in [0.2, 0.25) is 5.95 Å². The fourth-order valence-corrected chi connectivity index (χ4v) is 3.28. The van der Waals surface area contributed by atoms with E-state index in [0.717, 1.165) is 0 Å². The topological polar surface area (TPSA) is 63.8 Å². The lowest BCUT2D eigenvalue weighted by Crippen LogP contribution is -2.10. The van der Waals surface area contributed by atoms with Crippen LogP contribution < -0.4 is 11.1 Å². The van der Waals surface area contributed by atoms with Crippen molar-refractivity contribution in [3.63, 3.8) is 0 Å². The van der Waals surface area contributed by atoms with Crippen LogP contribution in [0.5, 0.6) is 0 Å². The Kier molecular flexibility index (Phi) is 3.87. The number of nitrogens with two attached hydrogens (primary N) is 1. The van der Waals surface area contributed by atoms with Crippen LogP contribution in [-0.4, -0.2) is 9.97 Å². The molecule has 6 heteroatoms. The third-order valence-corrected chi connectivity index (χ3v) is 3.99. The molecule has 0 radical (unpaired) electrons. The molecular weight excluding hydrogens is 312 g/mol. The van der Waals surface area contributed by atoms with Crippen LogP contribution in [0.4, 0.5) is 11.8 Å². The Morgan fingerprint density at radius 1 is 1.33 bits per heavy atom. The first-order chi connectivity index (χ1) is 8.45. The minimum Gasteiger partial charge on any atom is -0.383 e. The van der Waals surface area contributed by atoms with E-state index in [-0.39, 0.29) is 6.04 Å². The van der Waals surface area contributed by atoms with Gasteiger partial charge in [-0.3, -0.25) is 0 Å². The Hall–Kier alpha value is -1.14. The number of anilines is 2. The number of aromatic nitrogens is 2. The van der Waals surface area contributed by atoms with Gasteiger partial charge in [-0.05, 0) is 48.3 Å². The second-order valence-corrected chi connectivity index (χ2v) is 6.45. The van der Waals surface area contributed by atoms with Gasteiger partial charge in [-0.1, -0.05) is 0 Å². The summed E-state index contributed by atoms with van der Waals surface area (Å²) in [5.74, 6) is 0.988. The third-order valence-electron chi connectivity index (χ3n) is 2.61. The highest BCUT2D eigenvalue weighted by atomic mass is 79.9. The Morgan fingerprint density at radius 2 is 2.06 bits per heavy atom. The van der Waals surface area contributed by atoms with E-state index in [1.165, 1.54) is 15.3 Å². The van der Waals surface area contributed by atoms with Gasteiger partial charge in [0.1, 0.15) is 10.4 Å². The quantitative estimate of drug-likeness (QED) is 0.844. The second-order valence-electron chi connectivity index (χ2n) is 4.17. The van der Waals surface area contributed by atoms with E-state index in [1.54, 1.807) is 17.4 Å². The average Bonchev–Trinajstić information content (AvgIpc) is 2.56. The molecular formula is C12H15BrN4S. The first-order valence-corrected chi connectivity index (χ1v) is 7.20. The fourth-order valence-electron chi connectivity index (χ4n) is 1.85. The molecule has 0 aromatic carbocycles. The van der Waals surface area contributed by atoms with Crippen LogP contribution in [0, 0.1) is 13.8 Å². The third kappa shape index (κ3) is 3.00. The maximum atomic E-state index is 5.69. The standard InChI is InChI=1S/C12H15BrN4S/c1-6-4-9(8(3)18-6)7(2)15-12-16-10(13)5-11(14)17-12/h4-5,7H,1-3H3,(H3,14,15,16,17). The zero-order valence-corrected chi connectivity index (χ0v) is 12.9. The molecule has 96 valence electrons. The molecule has 0 saturated carbocycles. The maximum absolute atomic E-state index is 5.69. The number of rotatable bonds is 3. The summed E-state index contributed by atoms with van der Waals surface area (Å²) in [5, 5.41) is 3.27. The molecule has 2 heterocycles. The number of aryl methyl sites for hydroxylation is 2. The summed E-state index contributed by atoms with van der Waals surface area (Å²) >= 11 is 5.11. The van der Waals surface area contributed by atoms with Crippen molar-refractivity contribution >= 4 is 39.0 Å². The number of nitrogen functional groups attached to an aromatic ring is 1. The smallest absolute Gasteiger partial charge is 0.226 e. The first kappa shape index (κ1) is 13.3. The van der Waals surface area contributed by atoms with Gasteiger partial charge in [-0.15, -0.1) is 11.3 Å². The van der Waals surface area contributed by atoms with Crippen molar-refractivity contribution < 1.29 is 0 Å². The summed E-state index contributed by atoms with van der Waals surface area (Å²) in [6.07, 6.45) is 0. The molecule has 0 aliphatic heterocycles. The fraction of sp³-hybridized carbons (Fsp3) is 0.333. The van der Waals surface area contributed by atoms with Crippen LogP contribution in [0.3, 0.4) is 0 Å². The number of nitrogens with one attached hydrogen (secondary N) is 1. The van der Waals surface area contributed by atoms with E-state index in [4.69, 9.17) is 5.73 Å². The van der Waals surface area contributed by atoms with Crippen molar-refractivity contribution in [2.24, 2.45) is 0 Å². The largest absolute Gasteiger partial charge is 0.383 e. The molecule has 2 aromatic heterocycles. The van der Waals surface area contributed by atoms with Gasteiger partial charge in [0.15, 0.2) is 0 Å². The Balaban J connectivity index is 2.20. The summed E-state index contributed by atoms with van der Waals surface area (Å²) in [4.78, 5) is 11.0. The van der Waals surface area contributed by atoms with E-state index >= 15 is 0 Å². The van der Waals surface area contributed by atoms with Crippen LogP contribution in [-0.2, 0) is 0 Å². The molecule has 0 fully saturated rings. The Bertz CT molecular complexity index is 547. The molecule has 0 aliphatic carbocycles. The van der Waals surface area contributed by atoms with E-state index in [0.29, 0.717) is 16.4 Å². The molecule has 1 atom stereocenters. The maximum Gasteiger partial charge on any atom is 0.226 e. The number of nitrogens with zero attached hydrogens (tertiary/aromatic N) is 2. The van der Waals surface area contributed by atoms with E-state index < -0.39 is 0 Å². The molecule has 0 spiro atoms. The number of thiophene rings is 1. The molecule has 2 rings (SSSR count). The average molecular weight is 327 g/mol. The summed E-state index contributed by atoms with van der Waals surface area (Å²) in [6.45, 7) is 6.33. The summed E-state index contributed by atoms with van der Waals surface area (Å²) in [7, 11) is 0. The monoisotopic (exact) mass is 326 g/mol. The molecule has 1 unspecified atom stereocenters. The zero-order chi connectivity index (χ0) is 13.3. The van der Waals surface area contributed by atoms with Crippen LogP contribution in [0.2, 0.25) is 0 Å². The Morgan fingerprint density at radius 3 is 2.61 bits per heavy atom. The number of hydrogen-bond acceptors (Lipinski definition) is 5. The lowest BCUT2D eigenvalue weighted by Gasteiger charge is -2.14. The molecule has 0 amide bonds. The molecule has 0 aliphatic rings. The SMILES string of the molecule is Cc1cc(C(C)Nc2nc(N)cc(Br)n2)c(C)s1. The zero-order valence-electron chi connectivity index (χ0n) is 10.5. The summed E-state index contributed by atoms with van der Waals surface area (Å²) < 4.78 is 0.683. The number of hydrogen-bond donors (Lipinski definition) is 2.